The van der Waals surface area contributed by atoms with Crippen molar-refractivity contribution in [3.63, 3.8) is 0 Å². The summed E-state index contributed by atoms with van der Waals surface area (Å²) in [6, 6.07) is 6.00. The third-order valence-electron chi connectivity index (χ3n) is 3.69. The molecule has 3 heteroatoms. The van der Waals surface area contributed by atoms with E-state index in [4.69, 9.17) is 5.73 Å². The monoisotopic (exact) mass is 250 g/mol. The molecule has 0 radical (unpaired) electrons. The van der Waals surface area contributed by atoms with E-state index in [1.54, 1.807) is 12.1 Å². The highest BCUT2D eigenvalue weighted by molar-refractivity contribution is 5.56. The van der Waals surface area contributed by atoms with Crippen molar-refractivity contribution in [1.82, 2.24) is 0 Å². The SMILES string of the molecule is CCC(N)Cc1cccc(F)c1N(CC)C1CC1. The van der Waals surface area contributed by atoms with Crippen molar-refractivity contribution in [3.8, 4) is 0 Å². The predicted octanol–water partition coefficient (Wildman–Crippen LogP) is 3.09. The van der Waals surface area contributed by atoms with Crippen LogP contribution in [0, 0.1) is 5.82 Å². The van der Waals surface area contributed by atoms with Gasteiger partial charge >= 0.3 is 0 Å². The molecule has 1 aliphatic rings. The van der Waals surface area contributed by atoms with E-state index in [0.29, 0.717) is 6.04 Å². The molecule has 0 heterocycles. The lowest BCUT2D eigenvalue weighted by Gasteiger charge is -2.27. The van der Waals surface area contributed by atoms with E-state index in [9.17, 15) is 4.39 Å². The van der Waals surface area contributed by atoms with E-state index in [0.717, 1.165) is 30.6 Å². The van der Waals surface area contributed by atoms with E-state index >= 15 is 0 Å². The fraction of sp³-hybridized carbons (Fsp3) is 0.600. The number of anilines is 1. The first-order chi connectivity index (χ1) is 8.67. The van der Waals surface area contributed by atoms with Gasteiger partial charge < -0.3 is 10.6 Å². The molecule has 1 saturated carbocycles. The Morgan fingerprint density at radius 3 is 2.67 bits per heavy atom. The average molecular weight is 250 g/mol. The Labute approximate surface area is 109 Å². The highest BCUT2D eigenvalue weighted by Gasteiger charge is 2.31. The van der Waals surface area contributed by atoms with Crippen LogP contribution in [0.15, 0.2) is 18.2 Å². The van der Waals surface area contributed by atoms with Crippen LogP contribution in [0.2, 0.25) is 0 Å². The molecule has 0 aliphatic heterocycles. The first-order valence-corrected chi connectivity index (χ1v) is 6.97. The Kier molecular flexibility index (Phi) is 4.23. The third kappa shape index (κ3) is 2.83. The van der Waals surface area contributed by atoms with Crippen LogP contribution in [0.5, 0.6) is 0 Å². The number of halogens is 1. The van der Waals surface area contributed by atoms with Gasteiger partial charge in [0.15, 0.2) is 0 Å². The van der Waals surface area contributed by atoms with Crippen molar-refractivity contribution in [3.05, 3.63) is 29.6 Å². The summed E-state index contributed by atoms with van der Waals surface area (Å²) in [7, 11) is 0. The Morgan fingerprint density at radius 2 is 2.11 bits per heavy atom. The maximum Gasteiger partial charge on any atom is 0.146 e. The first-order valence-electron chi connectivity index (χ1n) is 6.97. The molecule has 1 unspecified atom stereocenters. The molecule has 18 heavy (non-hydrogen) atoms. The highest BCUT2D eigenvalue weighted by Crippen LogP contribution is 2.35. The summed E-state index contributed by atoms with van der Waals surface area (Å²) < 4.78 is 14.1. The summed E-state index contributed by atoms with van der Waals surface area (Å²) in [5.41, 5.74) is 7.85. The quantitative estimate of drug-likeness (QED) is 0.840. The minimum absolute atomic E-state index is 0.107. The van der Waals surface area contributed by atoms with Crippen molar-refractivity contribution < 1.29 is 4.39 Å². The van der Waals surface area contributed by atoms with E-state index < -0.39 is 0 Å². The van der Waals surface area contributed by atoms with Gasteiger partial charge in [-0.1, -0.05) is 19.1 Å². The molecule has 0 bridgehead atoms. The second-order valence-corrected chi connectivity index (χ2v) is 5.14. The van der Waals surface area contributed by atoms with Crippen LogP contribution in [-0.4, -0.2) is 18.6 Å². The number of para-hydroxylation sites is 1. The topological polar surface area (TPSA) is 29.3 Å². The maximum atomic E-state index is 14.1. The summed E-state index contributed by atoms with van der Waals surface area (Å²) >= 11 is 0. The number of nitrogens with zero attached hydrogens (tertiary/aromatic N) is 1. The molecule has 1 fully saturated rings. The summed E-state index contributed by atoms with van der Waals surface area (Å²) in [6.45, 7) is 5.02. The molecular formula is C15H23FN2. The van der Waals surface area contributed by atoms with Crippen molar-refractivity contribution >= 4 is 5.69 Å². The van der Waals surface area contributed by atoms with Gasteiger partial charge in [0, 0.05) is 18.6 Å². The van der Waals surface area contributed by atoms with Crippen molar-refractivity contribution in [1.29, 1.82) is 0 Å². The molecule has 1 atom stereocenters. The molecule has 100 valence electrons. The van der Waals surface area contributed by atoms with E-state index in [1.807, 2.05) is 6.07 Å². The van der Waals surface area contributed by atoms with Crippen LogP contribution in [0.4, 0.5) is 10.1 Å². The standard InChI is InChI=1S/C15H23FN2/c1-3-12(17)10-11-6-5-7-14(16)15(11)18(4-2)13-8-9-13/h5-7,12-13H,3-4,8-10,17H2,1-2H3. The molecule has 1 aromatic rings. The van der Waals surface area contributed by atoms with Gasteiger partial charge in [-0.2, -0.15) is 0 Å². The summed E-state index contributed by atoms with van der Waals surface area (Å²) in [5, 5.41) is 0. The van der Waals surface area contributed by atoms with Gasteiger partial charge in [0.05, 0.1) is 5.69 Å². The number of benzene rings is 1. The summed E-state index contributed by atoms with van der Waals surface area (Å²) in [5.74, 6) is -0.107. The average Bonchev–Trinajstić information content (AvgIpc) is 3.17. The zero-order valence-electron chi connectivity index (χ0n) is 11.3. The van der Waals surface area contributed by atoms with Crippen molar-refractivity contribution in [2.75, 3.05) is 11.4 Å². The summed E-state index contributed by atoms with van der Waals surface area (Å²) in [4.78, 5) is 2.20. The minimum Gasteiger partial charge on any atom is -0.366 e. The van der Waals surface area contributed by atoms with Gasteiger partial charge in [-0.25, -0.2) is 4.39 Å². The van der Waals surface area contributed by atoms with Gasteiger partial charge in [-0.3, -0.25) is 0 Å². The first kappa shape index (κ1) is 13.3. The molecular weight excluding hydrogens is 227 g/mol. The molecule has 1 aromatic carbocycles. The lowest BCUT2D eigenvalue weighted by atomic mass is 10.0. The molecule has 0 amide bonds. The molecule has 2 N–H and O–H groups in total. The van der Waals surface area contributed by atoms with Gasteiger partial charge in [0.1, 0.15) is 5.82 Å². The molecule has 0 aromatic heterocycles. The van der Waals surface area contributed by atoms with Crippen molar-refractivity contribution in [2.24, 2.45) is 5.73 Å². The van der Waals surface area contributed by atoms with Gasteiger partial charge in [0.2, 0.25) is 0 Å². The molecule has 0 spiro atoms. The smallest absolute Gasteiger partial charge is 0.146 e. The van der Waals surface area contributed by atoms with Crippen LogP contribution >= 0.6 is 0 Å². The molecule has 2 rings (SSSR count). The van der Waals surface area contributed by atoms with Gasteiger partial charge in [-0.05, 0) is 44.2 Å². The second-order valence-electron chi connectivity index (χ2n) is 5.14. The highest BCUT2D eigenvalue weighted by atomic mass is 19.1. The van der Waals surface area contributed by atoms with Crippen LogP contribution in [-0.2, 0) is 6.42 Å². The number of hydrogen-bond acceptors (Lipinski definition) is 2. The van der Waals surface area contributed by atoms with Crippen LogP contribution < -0.4 is 10.6 Å². The zero-order chi connectivity index (χ0) is 13.1. The number of nitrogens with two attached hydrogens (primary N) is 1. The molecule has 0 saturated heterocycles. The second kappa shape index (κ2) is 5.70. The Balaban J connectivity index is 2.30. The lowest BCUT2D eigenvalue weighted by Crippen LogP contribution is -2.29. The van der Waals surface area contributed by atoms with E-state index in [1.165, 1.54) is 12.8 Å². The fourth-order valence-electron chi connectivity index (χ4n) is 2.46. The molecule has 2 nitrogen and oxygen atoms in total. The van der Waals surface area contributed by atoms with Gasteiger partial charge in [0.25, 0.3) is 0 Å². The number of hydrogen-bond donors (Lipinski definition) is 1. The van der Waals surface area contributed by atoms with E-state index in [-0.39, 0.29) is 11.9 Å². The molecule has 1 aliphatic carbocycles. The van der Waals surface area contributed by atoms with Crippen LogP contribution in [0.25, 0.3) is 0 Å². The largest absolute Gasteiger partial charge is 0.366 e. The number of rotatable bonds is 6. The van der Waals surface area contributed by atoms with E-state index in [2.05, 4.69) is 18.7 Å². The van der Waals surface area contributed by atoms with Crippen molar-refractivity contribution in [2.45, 2.75) is 51.6 Å². The normalized spacial score (nSPS) is 16.7. The lowest BCUT2D eigenvalue weighted by molar-refractivity contribution is 0.604. The summed E-state index contributed by atoms with van der Waals surface area (Å²) in [6.07, 6.45) is 4.04. The minimum atomic E-state index is -0.107. The Morgan fingerprint density at radius 1 is 1.39 bits per heavy atom. The zero-order valence-corrected chi connectivity index (χ0v) is 11.3. The predicted molar refractivity (Wildman–Crippen MR) is 74.4 cm³/mol. The third-order valence-corrected chi connectivity index (χ3v) is 3.69. The Hall–Kier alpha value is -1.09. The maximum absolute atomic E-state index is 14.1. The fourth-order valence-corrected chi connectivity index (χ4v) is 2.46. The Bertz CT molecular complexity index is 401. The van der Waals surface area contributed by atoms with Crippen LogP contribution in [0.3, 0.4) is 0 Å². The van der Waals surface area contributed by atoms with Gasteiger partial charge in [-0.15, -0.1) is 0 Å². The van der Waals surface area contributed by atoms with Crippen LogP contribution in [0.1, 0.15) is 38.7 Å².